The number of anilines is 1. The second kappa shape index (κ2) is 8.57. The summed E-state index contributed by atoms with van der Waals surface area (Å²) in [6.45, 7) is 8.71. The van der Waals surface area contributed by atoms with Gasteiger partial charge in [0.05, 0.1) is 18.0 Å². The molecular weight excluding hydrogens is 292 g/mol. The average Bonchev–Trinajstić information content (AvgIpc) is 2.54. The number of aliphatic hydroxyl groups excluding tert-OH is 1. The fourth-order valence-electron chi connectivity index (χ4n) is 3.36. The Balaban J connectivity index is 2.07. The van der Waals surface area contributed by atoms with Crippen molar-refractivity contribution in [3.05, 3.63) is 17.6 Å². The van der Waals surface area contributed by atoms with Crippen LogP contribution in [0.1, 0.15) is 17.8 Å². The molecule has 0 aliphatic carbocycles. The highest BCUT2D eigenvalue weighted by Crippen LogP contribution is 2.27. The molecule has 2 rings (SSSR count). The fourth-order valence-corrected chi connectivity index (χ4v) is 3.36. The Morgan fingerprint density at radius 1 is 1.35 bits per heavy atom. The van der Waals surface area contributed by atoms with Crippen molar-refractivity contribution in [2.24, 2.45) is 11.8 Å². The number of hydrogen-bond donors (Lipinski definition) is 1. The first-order valence-corrected chi connectivity index (χ1v) is 8.37. The molecule has 0 bridgehead atoms. The SMILES string of the molecule is COCCN(C)C[C@@H]1C[C@@H](CO)CN(c2nc(C)cnc2C)C1. The zero-order chi connectivity index (χ0) is 16.8. The number of rotatable bonds is 7. The van der Waals surface area contributed by atoms with Crippen molar-refractivity contribution in [2.45, 2.75) is 20.3 Å². The predicted molar refractivity (Wildman–Crippen MR) is 91.8 cm³/mol. The molecule has 0 radical (unpaired) electrons. The molecule has 23 heavy (non-hydrogen) atoms. The highest BCUT2D eigenvalue weighted by molar-refractivity contribution is 5.44. The van der Waals surface area contributed by atoms with Crippen molar-refractivity contribution < 1.29 is 9.84 Å². The lowest BCUT2D eigenvalue weighted by molar-refractivity contribution is 0.133. The molecule has 0 unspecified atom stereocenters. The van der Waals surface area contributed by atoms with Crippen molar-refractivity contribution >= 4 is 5.82 Å². The molecule has 1 aliphatic heterocycles. The molecule has 0 aromatic carbocycles. The predicted octanol–water partition coefficient (Wildman–Crippen LogP) is 1.11. The summed E-state index contributed by atoms with van der Waals surface area (Å²) in [5.41, 5.74) is 1.89. The van der Waals surface area contributed by atoms with E-state index in [9.17, 15) is 5.11 Å². The average molecular weight is 322 g/mol. The van der Waals surface area contributed by atoms with E-state index in [1.807, 2.05) is 20.0 Å². The monoisotopic (exact) mass is 322 g/mol. The van der Waals surface area contributed by atoms with Gasteiger partial charge in [0.15, 0.2) is 0 Å². The van der Waals surface area contributed by atoms with Gasteiger partial charge in [0.25, 0.3) is 0 Å². The van der Waals surface area contributed by atoms with Crippen LogP contribution in [0.2, 0.25) is 0 Å². The van der Waals surface area contributed by atoms with Crippen molar-refractivity contribution in [1.82, 2.24) is 14.9 Å². The molecule has 130 valence electrons. The smallest absolute Gasteiger partial charge is 0.150 e. The standard InChI is InChI=1S/C17H30N4O2/c1-13-8-18-14(2)17(19-13)21-10-15(7-16(11-21)12-22)9-20(3)5-6-23-4/h8,15-16,22H,5-7,9-12H2,1-4H3/t15-,16+/m0/s1. The first-order valence-electron chi connectivity index (χ1n) is 8.37. The van der Waals surface area contributed by atoms with Gasteiger partial charge in [-0.05, 0) is 39.2 Å². The van der Waals surface area contributed by atoms with E-state index in [0.29, 0.717) is 11.8 Å². The minimum absolute atomic E-state index is 0.229. The Morgan fingerprint density at radius 2 is 2.09 bits per heavy atom. The van der Waals surface area contributed by atoms with Crippen LogP contribution in [0.25, 0.3) is 0 Å². The highest BCUT2D eigenvalue weighted by atomic mass is 16.5. The van der Waals surface area contributed by atoms with Crippen LogP contribution < -0.4 is 4.90 Å². The molecular formula is C17H30N4O2. The van der Waals surface area contributed by atoms with Gasteiger partial charge in [-0.2, -0.15) is 0 Å². The zero-order valence-corrected chi connectivity index (χ0v) is 14.8. The summed E-state index contributed by atoms with van der Waals surface area (Å²) in [4.78, 5) is 13.7. The Kier molecular flexibility index (Phi) is 6.74. The van der Waals surface area contributed by atoms with Crippen molar-refractivity contribution in [1.29, 1.82) is 0 Å². The van der Waals surface area contributed by atoms with Crippen LogP contribution in [0.3, 0.4) is 0 Å². The van der Waals surface area contributed by atoms with Gasteiger partial charge in [0.1, 0.15) is 5.82 Å². The lowest BCUT2D eigenvalue weighted by Gasteiger charge is -2.39. The Bertz CT molecular complexity index is 497. The minimum atomic E-state index is 0.229. The normalized spacial score (nSPS) is 21.9. The Morgan fingerprint density at radius 3 is 2.78 bits per heavy atom. The number of hydrogen-bond acceptors (Lipinski definition) is 6. The molecule has 1 fully saturated rings. The lowest BCUT2D eigenvalue weighted by Crippen LogP contribution is -2.46. The van der Waals surface area contributed by atoms with Gasteiger partial charge in [-0.25, -0.2) is 4.98 Å². The number of likely N-dealkylation sites (N-methyl/N-ethyl adjacent to an activating group) is 1. The molecule has 1 N–H and O–H groups in total. The molecule has 2 heterocycles. The summed E-state index contributed by atoms with van der Waals surface area (Å²) >= 11 is 0. The van der Waals surface area contributed by atoms with E-state index in [0.717, 1.165) is 56.4 Å². The number of methoxy groups -OCH3 is 1. The number of ether oxygens (including phenoxy) is 1. The summed E-state index contributed by atoms with van der Waals surface area (Å²) in [5, 5.41) is 9.68. The molecule has 6 nitrogen and oxygen atoms in total. The summed E-state index contributed by atoms with van der Waals surface area (Å²) in [7, 11) is 3.86. The maximum absolute atomic E-state index is 9.68. The van der Waals surface area contributed by atoms with E-state index in [1.165, 1.54) is 0 Å². The second-order valence-corrected chi connectivity index (χ2v) is 6.73. The Labute approximate surface area is 139 Å². The van der Waals surface area contributed by atoms with E-state index >= 15 is 0 Å². The maximum Gasteiger partial charge on any atom is 0.150 e. The molecule has 2 atom stereocenters. The number of aromatic nitrogens is 2. The van der Waals surface area contributed by atoms with Crippen molar-refractivity contribution in [3.8, 4) is 0 Å². The van der Waals surface area contributed by atoms with Crippen LogP contribution in [0, 0.1) is 25.7 Å². The number of aliphatic hydroxyl groups is 1. The van der Waals surface area contributed by atoms with Crippen LogP contribution in [0.15, 0.2) is 6.20 Å². The van der Waals surface area contributed by atoms with Gasteiger partial charge in [-0.15, -0.1) is 0 Å². The minimum Gasteiger partial charge on any atom is -0.396 e. The highest BCUT2D eigenvalue weighted by Gasteiger charge is 2.29. The topological polar surface area (TPSA) is 61.7 Å². The van der Waals surface area contributed by atoms with Crippen LogP contribution in [0.4, 0.5) is 5.82 Å². The maximum atomic E-state index is 9.68. The van der Waals surface area contributed by atoms with Gasteiger partial charge in [-0.1, -0.05) is 0 Å². The summed E-state index contributed by atoms with van der Waals surface area (Å²) < 4.78 is 5.15. The van der Waals surface area contributed by atoms with Gasteiger partial charge in [0, 0.05) is 46.1 Å². The zero-order valence-electron chi connectivity index (χ0n) is 14.8. The van der Waals surface area contributed by atoms with Crippen molar-refractivity contribution in [2.75, 3.05) is 58.5 Å². The molecule has 1 aliphatic rings. The fraction of sp³-hybridized carbons (Fsp3) is 0.765. The first kappa shape index (κ1) is 18.1. The van der Waals surface area contributed by atoms with Crippen molar-refractivity contribution in [3.63, 3.8) is 0 Å². The lowest BCUT2D eigenvalue weighted by atomic mass is 9.89. The van der Waals surface area contributed by atoms with Gasteiger partial charge in [0.2, 0.25) is 0 Å². The van der Waals surface area contributed by atoms with Crippen LogP contribution in [0.5, 0.6) is 0 Å². The Hall–Kier alpha value is -1.24. The summed E-state index contributed by atoms with van der Waals surface area (Å²) in [6.07, 6.45) is 2.87. The quantitative estimate of drug-likeness (QED) is 0.811. The van der Waals surface area contributed by atoms with Gasteiger partial charge >= 0.3 is 0 Å². The van der Waals surface area contributed by atoms with Gasteiger partial charge < -0.3 is 19.6 Å². The van der Waals surface area contributed by atoms with Gasteiger partial charge in [-0.3, -0.25) is 4.98 Å². The molecule has 0 saturated carbocycles. The van der Waals surface area contributed by atoms with E-state index in [4.69, 9.17) is 4.74 Å². The molecule has 0 amide bonds. The summed E-state index contributed by atoms with van der Waals surface area (Å²) in [5.74, 6) is 1.78. The molecule has 1 aromatic heterocycles. The second-order valence-electron chi connectivity index (χ2n) is 6.73. The van der Waals surface area contributed by atoms with E-state index < -0.39 is 0 Å². The van der Waals surface area contributed by atoms with E-state index in [-0.39, 0.29) is 6.61 Å². The summed E-state index contributed by atoms with van der Waals surface area (Å²) in [6, 6.07) is 0. The van der Waals surface area contributed by atoms with E-state index in [1.54, 1.807) is 7.11 Å². The number of nitrogens with zero attached hydrogens (tertiary/aromatic N) is 4. The van der Waals surface area contributed by atoms with Crippen LogP contribution >= 0.6 is 0 Å². The van der Waals surface area contributed by atoms with Crippen LogP contribution in [-0.4, -0.2) is 73.5 Å². The molecule has 6 heteroatoms. The third-order valence-corrected chi connectivity index (χ3v) is 4.48. The molecule has 1 aromatic rings. The largest absolute Gasteiger partial charge is 0.396 e. The first-order chi connectivity index (χ1) is 11.0. The molecule has 1 saturated heterocycles. The third-order valence-electron chi connectivity index (χ3n) is 4.48. The van der Waals surface area contributed by atoms with E-state index in [2.05, 4.69) is 26.8 Å². The number of piperidine rings is 1. The van der Waals surface area contributed by atoms with Crippen LogP contribution in [-0.2, 0) is 4.74 Å². The molecule has 0 spiro atoms. The third kappa shape index (κ3) is 5.12. The number of aryl methyl sites for hydroxylation is 2.